The smallest absolute Gasteiger partial charge is 0.235 e. The first-order chi connectivity index (χ1) is 8.47. The molecule has 6 heteroatoms. The lowest BCUT2D eigenvalue weighted by Gasteiger charge is -2.14. The lowest BCUT2D eigenvalue weighted by molar-refractivity contribution is -0.127. The zero-order valence-corrected chi connectivity index (χ0v) is 11.4. The van der Waals surface area contributed by atoms with Gasteiger partial charge in [-0.2, -0.15) is 0 Å². The van der Waals surface area contributed by atoms with Crippen molar-refractivity contribution < 1.29 is 4.79 Å². The van der Waals surface area contributed by atoms with Crippen LogP contribution in [0.2, 0.25) is 0 Å². The Morgan fingerprint density at radius 1 is 1.50 bits per heavy atom. The number of thioether (sulfide) groups is 1. The number of nitrogen functional groups attached to an aromatic ring is 1. The molecule has 0 fully saturated rings. The van der Waals surface area contributed by atoms with Crippen LogP contribution in [0.15, 0.2) is 23.4 Å². The molecule has 0 saturated heterocycles. The van der Waals surface area contributed by atoms with Crippen LogP contribution in [-0.2, 0) is 4.79 Å². The molecule has 0 aliphatic heterocycles. The van der Waals surface area contributed by atoms with Gasteiger partial charge in [0.1, 0.15) is 0 Å². The van der Waals surface area contributed by atoms with Gasteiger partial charge in [0.05, 0.1) is 16.3 Å². The van der Waals surface area contributed by atoms with Crippen molar-refractivity contribution in [2.45, 2.75) is 17.3 Å². The van der Waals surface area contributed by atoms with E-state index >= 15 is 0 Å². The highest BCUT2D eigenvalue weighted by molar-refractivity contribution is 8.00. The third kappa shape index (κ3) is 2.59. The molecule has 18 heavy (non-hydrogen) atoms. The summed E-state index contributed by atoms with van der Waals surface area (Å²) in [5.74, 6) is 0.0694. The average Bonchev–Trinajstić information content (AvgIpc) is 2.68. The molecule has 1 unspecified atom stereocenters. The Hall–Kier alpha value is -1.69. The van der Waals surface area contributed by atoms with E-state index in [4.69, 9.17) is 5.73 Å². The maximum atomic E-state index is 11.8. The van der Waals surface area contributed by atoms with E-state index in [1.807, 2.05) is 25.1 Å². The maximum Gasteiger partial charge on any atom is 0.235 e. The van der Waals surface area contributed by atoms with E-state index in [9.17, 15) is 4.79 Å². The van der Waals surface area contributed by atoms with Crippen molar-refractivity contribution in [1.29, 1.82) is 0 Å². The lowest BCUT2D eigenvalue weighted by atomic mass is 10.3. The van der Waals surface area contributed by atoms with Gasteiger partial charge in [-0.15, -0.1) is 0 Å². The van der Waals surface area contributed by atoms with Crippen molar-refractivity contribution in [2.24, 2.45) is 0 Å². The number of aromatic amines is 1. The SMILES string of the molecule is CC(Sc1nc2ccc(N)cc2[nH]1)C(=O)N(C)C. The minimum absolute atomic E-state index is 0.0694. The number of anilines is 1. The number of carbonyl (C=O) groups is 1. The molecule has 0 bridgehead atoms. The number of nitrogens with one attached hydrogen (secondary N) is 1. The number of nitrogens with zero attached hydrogens (tertiary/aromatic N) is 2. The molecule has 0 aliphatic carbocycles. The van der Waals surface area contributed by atoms with Crippen LogP contribution >= 0.6 is 11.8 Å². The van der Waals surface area contributed by atoms with E-state index in [1.165, 1.54) is 11.8 Å². The van der Waals surface area contributed by atoms with Crippen LogP contribution in [0.5, 0.6) is 0 Å². The second-order valence-corrected chi connectivity index (χ2v) is 5.64. The molecule has 96 valence electrons. The monoisotopic (exact) mass is 264 g/mol. The third-order valence-electron chi connectivity index (χ3n) is 2.56. The number of imidazole rings is 1. The number of H-pyrrole nitrogens is 1. The highest BCUT2D eigenvalue weighted by atomic mass is 32.2. The molecule has 0 saturated carbocycles. The number of rotatable bonds is 3. The van der Waals surface area contributed by atoms with Crippen molar-refractivity contribution in [3.63, 3.8) is 0 Å². The Kier molecular flexibility index (Phi) is 3.47. The number of aromatic nitrogens is 2. The summed E-state index contributed by atoms with van der Waals surface area (Å²) >= 11 is 1.41. The molecule has 0 aliphatic rings. The van der Waals surface area contributed by atoms with Gasteiger partial charge in [0.15, 0.2) is 5.16 Å². The number of benzene rings is 1. The number of nitrogens with two attached hydrogens (primary N) is 1. The number of hydrogen-bond donors (Lipinski definition) is 2. The summed E-state index contributed by atoms with van der Waals surface area (Å²) in [6, 6.07) is 5.51. The fraction of sp³-hybridized carbons (Fsp3) is 0.333. The van der Waals surface area contributed by atoms with E-state index in [0.29, 0.717) is 5.69 Å². The van der Waals surface area contributed by atoms with Gasteiger partial charge in [-0.1, -0.05) is 11.8 Å². The summed E-state index contributed by atoms with van der Waals surface area (Å²) < 4.78 is 0. The molecular formula is C12H16N4OS. The standard InChI is InChI=1S/C12H16N4OS/c1-7(11(17)16(2)3)18-12-14-9-5-4-8(13)6-10(9)15-12/h4-7H,13H2,1-3H3,(H,14,15). The van der Waals surface area contributed by atoms with E-state index < -0.39 is 0 Å². The van der Waals surface area contributed by atoms with Crippen molar-refractivity contribution in [3.8, 4) is 0 Å². The topological polar surface area (TPSA) is 75.0 Å². The second kappa shape index (κ2) is 4.89. The Morgan fingerprint density at radius 2 is 2.22 bits per heavy atom. The zero-order chi connectivity index (χ0) is 13.3. The summed E-state index contributed by atoms with van der Waals surface area (Å²) in [6.07, 6.45) is 0. The van der Waals surface area contributed by atoms with Crippen molar-refractivity contribution in [2.75, 3.05) is 19.8 Å². The van der Waals surface area contributed by atoms with Gasteiger partial charge in [-0.3, -0.25) is 4.79 Å². The van der Waals surface area contributed by atoms with Crippen LogP contribution in [0, 0.1) is 0 Å². The predicted molar refractivity (Wildman–Crippen MR) is 74.5 cm³/mol. The summed E-state index contributed by atoms with van der Waals surface area (Å²) in [6.45, 7) is 1.87. The molecule has 1 aromatic heterocycles. The molecule has 1 atom stereocenters. The van der Waals surface area contributed by atoms with E-state index in [0.717, 1.165) is 16.2 Å². The molecule has 0 spiro atoms. The average molecular weight is 264 g/mol. The van der Waals surface area contributed by atoms with Crippen LogP contribution in [-0.4, -0.2) is 40.1 Å². The van der Waals surface area contributed by atoms with E-state index in [2.05, 4.69) is 9.97 Å². The molecule has 1 heterocycles. The molecule has 1 amide bonds. The summed E-state index contributed by atoms with van der Waals surface area (Å²) in [7, 11) is 3.50. The molecular weight excluding hydrogens is 248 g/mol. The van der Waals surface area contributed by atoms with Gasteiger partial charge in [0.25, 0.3) is 0 Å². The van der Waals surface area contributed by atoms with Gasteiger partial charge in [-0.25, -0.2) is 4.98 Å². The summed E-state index contributed by atoms with van der Waals surface area (Å²) in [5.41, 5.74) is 8.15. The number of hydrogen-bond acceptors (Lipinski definition) is 4. The molecule has 2 rings (SSSR count). The first-order valence-electron chi connectivity index (χ1n) is 5.60. The quantitative estimate of drug-likeness (QED) is 0.654. The Labute approximate surface area is 110 Å². The highest BCUT2D eigenvalue weighted by Gasteiger charge is 2.17. The molecule has 2 aromatic rings. The van der Waals surface area contributed by atoms with Gasteiger partial charge in [-0.05, 0) is 25.1 Å². The van der Waals surface area contributed by atoms with Crippen LogP contribution in [0.1, 0.15) is 6.92 Å². The normalized spacial score (nSPS) is 12.6. The van der Waals surface area contributed by atoms with Crippen molar-refractivity contribution >= 4 is 34.4 Å². The Morgan fingerprint density at radius 3 is 2.89 bits per heavy atom. The largest absolute Gasteiger partial charge is 0.399 e. The molecule has 5 nitrogen and oxygen atoms in total. The molecule has 1 aromatic carbocycles. The first kappa shape index (κ1) is 12.8. The van der Waals surface area contributed by atoms with Gasteiger partial charge < -0.3 is 15.6 Å². The van der Waals surface area contributed by atoms with Crippen LogP contribution in [0.3, 0.4) is 0 Å². The fourth-order valence-corrected chi connectivity index (χ4v) is 2.61. The summed E-state index contributed by atoms with van der Waals surface area (Å²) in [5, 5.41) is 0.566. The first-order valence-corrected chi connectivity index (χ1v) is 6.48. The maximum absolute atomic E-state index is 11.8. The predicted octanol–water partition coefficient (Wildman–Crippen LogP) is 1.71. The molecule has 3 N–H and O–H groups in total. The lowest BCUT2D eigenvalue weighted by Crippen LogP contribution is -2.29. The van der Waals surface area contributed by atoms with Crippen LogP contribution in [0.4, 0.5) is 5.69 Å². The van der Waals surface area contributed by atoms with Gasteiger partial charge >= 0.3 is 0 Å². The molecule has 0 radical (unpaired) electrons. The third-order valence-corrected chi connectivity index (χ3v) is 3.53. The van der Waals surface area contributed by atoms with Crippen LogP contribution in [0.25, 0.3) is 11.0 Å². The van der Waals surface area contributed by atoms with E-state index in [1.54, 1.807) is 19.0 Å². The van der Waals surface area contributed by atoms with Crippen molar-refractivity contribution in [1.82, 2.24) is 14.9 Å². The fourth-order valence-electron chi connectivity index (χ4n) is 1.64. The van der Waals surface area contributed by atoms with Gasteiger partial charge in [0, 0.05) is 19.8 Å². The minimum Gasteiger partial charge on any atom is -0.399 e. The number of carbonyl (C=O) groups excluding carboxylic acids is 1. The van der Waals surface area contributed by atoms with Gasteiger partial charge in [0.2, 0.25) is 5.91 Å². The number of fused-ring (bicyclic) bond motifs is 1. The Balaban J connectivity index is 2.19. The van der Waals surface area contributed by atoms with Crippen LogP contribution < -0.4 is 5.73 Å². The second-order valence-electron chi connectivity index (χ2n) is 4.31. The van der Waals surface area contributed by atoms with E-state index in [-0.39, 0.29) is 11.2 Å². The number of amides is 1. The summed E-state index contributed by atoms with van der Waals surface area (Å²) in [4.78, 5) is 20.9. The Bertz CT molecular complexity index is 578. The zero-order valence-electron chi connectivity index (χ0n) is 10.6. The van der Waals surface area contributed by atoms with Crippen molar-refractivity contribution in [3.05, 3.63) is 18.2 Å². The highest BCUT2D eigenvalue weighted by Crippen LogP contribution is 2.25. The minimum atomic E-state index is -0.169.